The molecule has 0 spiro atoms. The van der Waals surface area contributed by atoms with Crippen molar-refractivity contribution < 1.29 is 9.90 Å². The molecule has 0 fully saturated rings. The van der Waals surface area contributed by atoms with Gasteiger partial charge in [-0.25, -0.2) is 0 Å². The first kappa shape index (κ1) is 14.2. The Balaban J connectivity index is 3.41. The van der Waals surface area contributed by atoms with Crippen molar-refractivity contribution in [2.45, 2.75) is 45.6 Å². The van der Waals surface area contributed by atoms with Gasteiger partial charge < -0.3 is 10.4 Å². The van der Waals surface area contributed by atoms with Crippen molar-refractivity contribution in [3.05, 3.63) is 12.7 Å². The van der Waals surface area contributed by atoms with Crippen LogP contribution in [0.15, 0.2) is 12.7 Å². The molecule has 0 saturated heterocycles. The van der Waals surface area contributed by atoms with Crippen molar-refractivity contribution in [3.8, 4) is 0 Å². The molecule has 88 valence electrons. The smallest absolute Gasteiger partial charge is 0.306 e. The Bertz CT molecular complexity index is 192. The van der Waals surface area contributed by atoms with Gasteiger partial charge in [-0.1, -0.05) is 19.4 Å². The van der Waals surface area contributed by atoms with Crippen LogP contribution in [0, 0.1) is 5.92 Å². The molecule has 0 aliphatic heterocycles. The van der Waals surface area contributed by atoms with Gasteiger partial charge >= 0.3 is 5.97 Å². The number of carboxylic acid groups (broad SMARTS) is 1. The van der Waals surface area contributed by atoms with Crippen molar-refractivity contribution in [2.24, 2.45) is 5.92 Å². The van der Waals surface area contributed by atoms with Gasteiger partial charge in [0.25, 0.3) is 0 Å². The highest BCUT2D eigenvalue weighted by molar-refractivity contribution is 5.69. The second-order valence-corrected chi connectivity index (χ2v) is 4.10. The molecule has 0 heterocycles. The fourth-order valence-corrected chi connectivity index (χ4v) is 1.39. The fraction of sp³-hybridized carbons (Fsp3) is 0.750. The lowest BCUT2D eigenvalue weighted by Crippen LogP contribution is -2.26. The molecule has 15 heavy (non-hydrogen) atoms. The molecule has 0 aromatic carbocycles. The number of hydrogen-bond donors (Lipinski definition) is 2. The van der Waals surface area contributed by atoms with E-state index in [9.17, 15) is 4.79 Å². The summed E-state index contributed by atoms with van der Waals surface area (Å²) < 4.78 is 0. The molecule has 0 aliphatic carbocycles. The lowest BCUT2D eigenvalue weighted by molar-refractivity contribution is -0.141. The van der Waals surface area contributed by atoms with E-state index in [-0.39, 0.29) is 5.92 Å². The molecular weight excluding hydrogens is 190 g/mol. The predicted octanol–water partition coefficient (Wildman–Crippen LogP) is 2.43. The van der Waals surface area contributed by atoms with Gasteiger partial charge in [0, 0.05) is 6.04 Å². The molecule has 2 N–H and O–H groups in total. The van der Waals surface area contributed by atoms with E-state index in [4.69, 9.17) is 5.11 Å². The molecule has 0 saturated carbocycles. The van der Waals surface area contributed by atoms with Crippen molar-refractivity contribution in [2.75, 3.05) is 6.54 Å². The average Bonchev–Trinajstić information content (AvgIpc) is 2.18. The van der Waals surface area contributed by atoms with Gasteiger partial charge in [-0.15, -0.1) is 6.58 Å². The van der Waals surface area contributed by atoms with Gasteiger partial charge in [0.05, 0.1) is 5.92 Å². The van der Waals surface area contributed by atoms with E-state index < -0.39 is 5.97 Å². The molecule has 0 aromatic rings. The fourth-order valence-electron chi connectivity index (χ4n) is 1.39. The predicted molar refractivity (Wildman–Crippen MR) is 62.9 cm³/mol. The zero-order valence-corrected chi connectivity index (χ0v) is 9.83. The third-order valence-electron chi connectivity index (χ3n) is 2.54. The zero-order valence-electron chi connectivity index (χ0n) is 9.83. The van der Waals surface area contributed by atoms with E-state index in [0.717, 1.165) is 32.2 Å². The summed E-state index contributed by atoms with van der Waals surface area (Å²) in [5.74, 6) is -0.910. The Hall–Kier alpha value is -0.830. The van der Waals surface area contributed by atoms with Gasteiger partial charge in [-0.2, -0.15) is 0 Å². The van der Waals surface area contributed by atoms with E-state index in [0.29, 0.717) is 6.04 Å². The number of aliphatic carboxylic acids is 1. The first-order valence-electron chi connectivity index (χ1n) is 5.65. The van der Waals surface area contributed by atoms with Crippen molar-refractivity contribution >= 4 is 5.97 Å². The summed E-state index contributed by atoms with van der Waals surface area (Å²) in [4.78, 5) is 10.6. The second kappa shape index (κ2) is 8.48. The SMILES string of the molecule is C=CCCNC(C)CCCC(C)C(=O)O. The maximum Gasteiger partial charge on any atom is 0.306 e. The van der Waals surface area contributed by atoms with E-state index >= 15 is 0 Å². The highest BCUT2D eigenvalue weighted by Gasteiger charge is 2.10. The van der Waals surface area contributed by atoms with Gasteiger partial charge in [-0.3, -0.25) is 4.79 Å². The standard InChI is InChI=1S/C12H23NO2/c1-4-5-9-13-11(3)8-6-7-10(2)12(14)15/h4,10-11,13H,1,5-9H2,2-3H3,(H,14,15). The molecule has 3 nitrogen and oxygen atoms in total. The summed E-state index contributed by atoms with van der Waals surface area (Å²) in [5.41, 5.74) is 0. The molecule has 2 unspecified atom stereocenters. The van der Waals surface area contributed by atoms with Crippen LogP contribution in [-0.2, 0) is 4.79 Å². The molecule has 0 aromatic heterocycles. The summed E-state index contributed by atoms with van der Waals surface area (Å²) in [6.07, 6.45) is 5.65. The maximum absolute atomic E-state index is 10.6. The molecule has 3 heteroatoms. The minimum atomic E-state index is -0.692. The van der Waals surface area contributed by atoms with Crippen LogP contribution in [0.25, 0.3) is 0 Å². The number of nitrogens with one attached hydrogen (secondary N) is 1. The zero-order chi connectivity index (χ0) is 11.7. The minimum Gasteiger partial charge on any atom is -0.481 e. The van der Waals surface area contributed by atoms with Gasteiger partial charge in [-0.05, 0) is 32.7 Å². The minimum absolute atomic E-state index is 0.217. The van der Waals surface area contributed by atoms with Crippen LogP contribution in [0.1, 0.15) is 39.5 Å². The number of carbonyl (C=O) groups is 1. The van der Waals surface area contributed by atoms with Gasteiger partial charge in [0.1, 0.15) is 0 Å². The van der Waals surface area contributed by atoms with Crippen LogP contribution in [0.3, 0.4) is 0 Å². The molecule has 0 rings (SSSR count). The summed E-state index contributed by atoms with van der Waals surface area (Å²) in [6, 6.07) is 0.464. The molecule has 2 atom stereocenters. The van der Waals surface area contributed by atoms with E-state index in [1.54, 1.807) is 6.92 Å². The van der Waals surface area contributed by atoms with Crippen molar-refractivity contribution in [1.29, 1.82) is 0 Å². The normalized spacial score (nSPS) is 14.5. The highest BCUT2D eigenvalue weighted by atomic mass is 16.4. The van der Waals surface area contributed by atoms with Gasteiger partial charge in [0.15, 0.2) is 0 Å². The summed E-state index contributed by atoms with van der Waals surface area (Å²) in [5, 5.41) is 12.1. The van der Waals surface area contributed by atoms with E-state index in [1.165, 1.54) is 0 Å². The van der Waals surface area contributed by atoms with Crippen LogP contribution in [0.2, 0.25) is 0 Å². The summed E-state index contributed by atoms with van der Waals surface area (Å²) >= 11 is 0. The first-order chi connectivity index (χ1) is 7.07. The number of hydrogen-bond acceptors (Lipinski definition) is 2. The summed E-state index contributed by atoms with van der Waals surface area (Å²) in [6.45, 7) is 8.51. The highest BCUT2D eigenvalue weighted by Crippen LogP contribution is 2.09. The Kier molecular flexibility index (Phi) is 8.01. The molecule has 0 aliphatic rings. The number of carboxylic acids is 1. The Morgan fingerprint density at radius 2 is 2.13 bits per heavy atom. The Labute approximate surface area is 92.6 Å². The molecule has 0 bridgehead atoms. The largest absolute Gasteiger partial charge is 0.481 e. The molecule has 0 radical (unpaired) electrons. The Morgan fingerprint density at radius 1 is 1.47 bits per heavy atom. The number of rotatable bonds is 9. The van der Waals surface area contributed by atoms with Gasteiger partial charge in [0.2, 0.25) is 0 Å². The van der Waals surface area contributed by atoms with E-state index in [1.807, 2.05) is 6.08 Å². The molecular formula is C12H23NO2. The van der Waals surface area contributed by atoms with E-state index in [2.05, 4.69) is 18.8 Å². The topological polar surface area (TPSA) is 49.3 Å². The second-order valence-electron chi connectivity index (χ2n) is 4.10. The lowest BCUT2D eigenvalue weighted by atomic mass is 10.0. The first-order valence-corrected chi connectivity index (χ1v) is 5.65. The third kappa shape index (κ3) is 8.18. The van der Waals surface area contributed by atoms with Crippen LogP contribution < -0.4 is 5.32 Å². The van der Waals surface area contributed by atoms with Crippen LogP contribution in [0.4, 0.5) is 0 Å². The van der Waals surface area contributed by atoms with Crippen LogP contribution in [-0.4, -0.2) is 23.7 Å². The molecule has 0 amide bonds. The van der Waals surface area contributed by atoms with Crippen molar-refractivity contribution in [1.82, 2.24) is 5.32 Å². The monoisotopic (exact) mass is 213 g/mol. The Morgan fingerprint density at radius 3 is 2.67 bits per heavy atom. The van der Waals surface area contributed by atoms with Crippen LogP contribution >= 0.6 is 0 Å². The lowest BCUT2D eigenvalue weighted by Gasteiger charge is -2.13. The summed E-state index contributed by atoms with van der Waals surface area (Å²) in [7, 11) is 0. The van der Waals surface area contributed by atoms with Crippen molar-refractivity contribution in [3.63, 3.8) is 0 Å². The van der Waals surface area contributed by atoms with Crippen LogP contribution in [0.5, 0.6) is 0 Å². The quantitative estimate of drug-likeness (QED) is 0.457. The maximum atomic E-state index is 10.6. The average molecular weight is 213 g/mol. The third-order valence-corrected chi connectivity index (χ3v) is 2.54.